The summed E-state index contributed by atoms with van der Waals surface area (Å²) < 4.78 is 1.83. The zero-order chi connectivity index (χ0) is 14.8. The van der Waals surface area contributed by atoms with E-state index in [0.717, 1.165) is 5.65 Å². The molecule has 3 aromatic rings. The van der Waals surface area contributed by atoms with Crippen molar-refractivity contribution in [3.63, 3.8) is 0 Å². The smallest absolute Gasteiger partial charge is 0.291 e. The van der Waals surface area contributed by atoms with Crippen molar-refractivity contribution in [2.24, 2.45) is 0 Å². The van der Waals surface area contributed by atoms with Crippen LogP contribution in [0.4, 0.5) is 0 Å². The SMILES string of the molecule is CCc1nc(C(=O)NC(C)c2nnc3ccccn23)n[nH]1. The van der Waals surface area contributed by atoms with Gasteiger partial charge in [0.1, 0.15) is 5.82 Å². The number of aromatic nitrogens is 6. The minimum atomic E-state index is -0.342. The molecule has 3 aromatic heterocycles. The number of pyridine rings is 1. The van der Waals surface area contributed by atoms with E-state index in [4.69, 9.17) is 0 Å². The van der Waals surface area contributed by atoms with Crippen LogP contribution in [-0.2, 0) is 6.42 Å². The van der Waals surface area contributed by atoms with Crippen LogP contribution < -0.4 is 5.32 Å². The third-order valence-corrected chi connectivity index (χ3v) is 3.14. The molecule has 0 bridgehead atoms. The predicted octanol–water partition coefficient (Wildman–Crippen LogP) is 0.901. The molecule has 0 radical (unpaired) electrons. The number of hydrogen-bond acceptors (Lipinski definition) is 5. The second kappa shape index (κ2) is 5.31. The lowest BCUT2D eigenvalue weighted by Gasteiger charge is -2.10. The van der Waals surface area contributed by atoms with Gasteiger partial charge in [-0.25, -0.2) is 4.98 Å². The van der Waals surface area contributed by atoms with Crippen LogP contribution in [0, 0.1) is 0 Å². The first-order valence-corrected chi connectivity index (χ1v) is 6.71. The normalized spacial score (nSPS) is 12.5. The molecule has 8 heteroatoms. The highest BCUT2D eigenvalue weighted by Crippen LogP contribution is 2.12. The minimum Gasteiger partial charge on any atom is -0.339 e. The average Bonchev–Trinajstić information content (AvgIpc) is 3.14. The number of carbonyl (C=O) groups is 1. The molecule has 21 heavy (non-hydrogen) atoms. The van der Waals surface area contributed by atoms with Crippen LogP contribution in [0.1, 0.15) is 42.2 Å². The van der Waals surface area contributed by atoms with Crippen molar-refractivity contribution in [3.8, 4) is 0 Å². The Morgan fingerprint density at radius 3 is 3.05 bits per heavy atom. The largest absolute Gasteiger partial charge is 0.339 e. The molecule has 0 aliphatic rings. The first kappa shape index (κ1) is 13.2. The number of aromatic amines is 1. The quantitative estimate of drug-likeness (QED) is 0.741. The highest BCUT2D eigenvalue weighted by molar-refractivity contribution is 5.90. The number of aryl methyl sites for hydroxylation is 1. The standard InChI is InChI=1S/C13H15N7O/c1-3-9-15-11(18-16-9)13(21)14-8(2)12-19-17-10-6-4-5-7-20(10)12/h4-8H,3H2,1-2H3,(H,14,21)(H,15,16,18). The number of nitrogens with zero attached hydrogens (tertiary/aromatic N) is 5. The van der Waals surface area contributed by atoms with E-state index in [-0.39, 0.29) is 17.8 Å². The Hall–Kier alpha value is -2.77. The van der Waals surface area contributed by atoms with Crippen molar-refractivity contribution < 1.29 is 4.79 Å². The van der Waals surface area contributed by atoms with Gasteiger partial charge in [0.2, 0.25) is 5.82 Å². The summed E-state index contributed by atoms with van der Waals surface area (Å²) in [6.45, 7) is 3.78. The van der Waals surface area contributed by atoms with E-state index in [1.54, 1.807) is 0 Å². The molecule has 8 nitrogen and oxygen atoms in total. The summed E-state index contributed by atoms with van der Waals surface area (Å²) in [6, 6.07) is 5.32. The fourth-order valence-corrected chi connectivity index (χ4v) is 2.04. The van der Waals surface area contributed by atoms with E-state index >= 15 is 0 Å². The van der Waals surface area contributed by atoms with Crippen LogP contribution in [-0.4, -0.2) is 35.7 Å². The van der Waals surface area contributed by atoms with Gasteiger partial charge in [0, 0.05) is 12.6 Å². The fourth-order valence-electron chi connectivity index (χ4n) is 2.04. The average molecular weight is 285 g/mol. The summed E-state index contributed by atoms with van der Waals surface area (Å²) in [5.74, 6) is 1.13. The Balaban J connectivity index is 1.79. The van der Waals surface area contributed by atoms with Gasteiger partial charge in [-0.05, 0) is 19.1 Å². The molecule has 108 valence electrons. The number of H-pyrrole nitrogens is 1. The summed E-state index contributed by atoms with van der Waals surface area (Å²) in [4.78, 5) is 16.2. The molecule has 0 saturated carbocycles. The van der Waals surface area contributed by atoms with Crippen molar-refractivity contribution in [2.45, 2.75) is 26.3 Å². The second-order valence-electron chi connectivity index (χ2n) is 4.64. The van der Waals surface area contributed by atoms with E-state index in [9.17, 15) is 4.79 Å². The second-order valence-corrected chi connectivity index (χ2v) is 4.64. The van der Waals surface area contributed by atoms with Crippen molar-refractivity contribution in [1.82, 2.24) is 35.1 Å². The molecule has 0 aromatic carbocycles. The Bertz CT molecular complexity index is 776. The lowest BCUT2D eigenvalue weighted by molar-refractivity contribution is 0.0928. The van der Waals surface area contributed by atoms with E-state index in [1.165, 1.54) is 0 Å². The van der Waals surface area contributed by atoms with Crippen LogP contribution in [0.25, 0.3) is 5.65 Å². The summed E-state index contributed by atoms with van der Waals surface area (Å²) in [5.41, 5.74) is 0.736. The van der Waals surface area contributed by atoms with Crippen molar-refractivity contribution in [1.29, 1.82) is 0 Å². The minimum absolute atomic E-state index is 0.132. The highest BCUT2D eigenvalue weighted by Gasteiger charge is 2.19. The zero-order valence-electron chi connectivity index (χ0n) is 11.7. The summed E-state index contributed by atoms with van der Waals surface area (Å²) >= 11 is 0. The van der Waals surface area contributed by atoms with Gasteiger partial charge in [0.15, 0.2) is 11.5 Å². The fraction of sp³-hybridized carbons (Fsp3) is 0.308. The Kier molecular flexibility index (Phi) is 3.35. The van der Waals surface area contributed by atoms with Gasteiger partial charge in [0.05, 0.1) is 6.04 Å². The lowest BCUT2D eigenvalue weighted by Crippen LogP contribution is -2.28. The van der Waals surface area contributed by atoms with Gasteiger partial charge >= 0.3 is 0 Å². The predicted molar refractivity (Wildman–Crippen MR) is 74.6 cm³/mol. The number of nitrogens with one attached hydrogen (secondary N) is 2. The topological polar surface area (TPSA) is 101 Å². The molecular formula is C13H15N7O. The Morgan fingerprint density at radius 2 is 2.29 bits per heavy atom. The molecule has 2 N–H and O–H groups in total. The number of amides is 1. The van der Waals surface area contributed by atoms with Crippen molar-refractivity contribution in [3.05, 3.63) is 41.9 Å². The molecule has 1 unspecified atom stereocenters. The van der Waals surface area contributed by atoms with Crippen LogP contribution in [0.5, 0.6) is 0 Å². The molecular weight excluding hydrogens is 270 g/mol. The Morgan fingerprint density at radius 1 is 1.43 bits per heavy atom. The maximum absolute atomic E-state index is 12.1. The van der Waals surface area contributed by atoms with E-state index in [2.05, 4.69) is 30.7 Å². The number of rotatable bonds is 4. The number of hydrogen-bond donors (Lipinski definition) is 2. The molecule has 0 spiro atoms. The van der Waals surface area contributed by atoms with Gasteiger partial charge in [-0.15, -0.1) is 15.3 Å². The maximum atomic E-state index is 12.1. The number of fused-ring (bicyclic) bond motifs is 1. The highest BCUT2D eigenvalue weighted by atomic mass is 16.2. The van der Waals surface area contributed by atoms with Gasteiger partial charge in [-0.3, -0.25) is 14.3 Å². The molecule has 0 aliphatic carbocycles. The van der Waals surface area contributed by atoms with Crippen LogP contribution in [0.15, 0.2) is 24.4 Å². The van der Waals surface area contributed by atoms with Gasteiger partial charge in [-0.1, -0.05) is 13.0 Å². The monoisotopic (exact) mass is 285 g/mol. The van der Waals surface area contributed by atoms with E-state index < -0.39 is 0 Å². The molecule has 0 aliphatic heterocycles. The molecule has 0 fully saturated rings. The van der Waals surface area contributed by atoms with E-state index in [1.807, 2.05) is 42.6 Å². The van der Waals surface area contributed by atoms with Gasteiger partial charge in [-0.2, -0.15) is 0 Å². The van der Waals surface area contributed by atoms with Gasteiger partial charge < -0.3 is 5.32 Å². The third-order valence-electron chi connectivity index (χ3n) is 3.14. The molecule has 3 rings (SSSR count). The molecule has 3 heterocycles. The molecule has 1 atom stereocenters. The first-order valence-electron chi connectivity index (χ1n) is 6.71. The summed E-state index contributed by atoms with van der Waals surface area (Å²) in [7, 11) is 0. The summed E-state index contributed by atoms with van der Waals surface area (Å²) in [6.07, 6.45) is 2.56. The van der Waals surface area contributed by atoms with Gasteiger partial charge in [0.25, 0.3) is 5.91 Å². The van der Waals surface area contributed by atoms with Crippen molar-refractivity contribution >= 4 is 11.6 Å². The van der Waals surface area contributed by atoms with Crippen LogP contribution >= 0.6 is 0 Å². The lowest BCUT2D eigenvalue weighted by atomic mass is 10.3. The molecule has 1 amide bonds. The van der Waals surface area contributed by atoms with Crippen molar-refractivity contribution in [2.75, 3.05) is 0 Å². The number of carbonyl (C=O) groups excluding carboxylic acids is 1. The maximum Gasteiger partial charge on any atom is 0.291 e. The third kappa shape index (κ3) is 2.47. The zero-order valence-corrected chi connectivity index (χ0v) is 11.7. The van der Waals surface area contributed by atoms with Crippen LogP contribution in [0.3, 0.4) is 0 Å². The first-order chi connectivity index (χ1) is 10.2. The van der Waals surface area contributed by atoms with E-state index in [0.29, 0.717) is 18.1 Å². The Labute approximate surface area is 120 Å². The summed E-state index contributed by atoms with van der Waals surface area (Å²) in [5, 5.41) is 17.6. The molecule has 0 saturated heterocycles. The van der Waals surface area contributed by atoms with Crippen LogP contribution in [0.2, 0.25) is 0 Å².